The Bertz CT molecular complexity index is 1260. The van der Waals surface area contributed by atoms with Gasteiger partial charge in [-0.25, -0.2) is 0 Å². The molecule has 5 rings (SSSR count). The molecule has 4 aromatic rings. The van der Waals surface area contributed by atoms with Crippen LogP contribution < -0.4 is 4.90 Å². The third-order valence-corrected chi connectivity index (χ3v) is 6.92. The van der Waals surface area contributed by atoms with Crippen molar-refractivity contribution in [2.24, 2.45) is 7.05 Å². The smallest absolute Gasteiger partial charge is 0.223 e. The van der Waals surface area contributed by atoms with Gasteiger partial charge in [-0.05, 0) is 35.4 Å². The molecule has 1 aromatic heterocycles. The second-order valence-corrected chi connectivity index (χ2v) is 9.16. The van der Waals surface area contributed by atoms with Crippen LogP contribution in [0, 0.1) is 0 Å². The number of piperazine rings is 1. The molecule has 3 aromatic carbocycles. The van der Waals surface area contributed by atoms with Crippen molar-refractivity contribution in [3.05, 3.63) is 101 Å². The van der Waals surface area contributed by atoms with Crippen LogP contribution in [0.1, 0.15) is 23.5 Å². The van der Waals surface area contributed by atoms with Gasteiger partial charge in [-0.3, -0.25) is 4.79 Å². The number of nitrogens with zero attached hydrogens (tertiary/aromatic N) is 3. The number of amides is 1. The Labute approximate surface area is 200 Å². The molecule has 1 saturated heterocycles. The number of carbonyl (C=O) groups excluding carboxylic acids is 1. The third-order valence-electron chi connectivity index (χ3n) is 6.69. The standard InChI is InChI=1S/C28H28ClN3O/c1-30-20-26(24-12-5-6-13-27(24)30)25(21-8-3-2-4-9-21)19-28(33)32-16-14-31(15-17-32)23-11-7-10-22(29)18-23/h2-13,18,20,25H,14-17,19H2,1H3. The van der Waals surface area contributed by atoms with Crippen molar-refractivity contribution in [3.63, 3.8) is 0 Å². The van der Waals surface area contributed by atoms with E-state index in [1.165, 1.54) is 22.0 Å². The predicted molar refractivity (Wildman–Crippen MR) is 136 cm³/mol. The number of carbonyl (C=O) groups is 1. The molecule has 33 heavy (non-hydrogen) atoms. The van der Waals surface area contributed by atoms with Gasteiger partial charge in [0.2, 0.25) is 5.91 Å². The number of fused-ring (bicyclic) bond motifs is 1. The highest BCUT2D eigenvalue weighted by Crippen LogP contribution is 2.35. The number of hydrogen-bond acceptors (Lipinski definition) is 2. The van der Waals surface area contributed by atoms with Crippen molar-refractivity contribution < 1.29 is 4.79 Å². The summed E-state index contributed by atoms with van der Waals surface area (Å²) in [6.07, 6.45) is 2.65. The molecule has 0 saturated carbocycles. The van der Waals surface area contributed by atoms with E-state index < -0.39 is 0 Å². The van der Waals surface area contributed by atoms with E-state index in [-0.39, 0.29) is 11.8 Å². The van der Waals surface area contributed by atoms with E-state index in [0.29, 0.717) is 6.42 Å². The Morgan fingerprint density at radius 2 is 1.64 bits per heavy atom. The first-order chi connectivity index (χ1) is 16.1. The van der Waals surface area contributed by atoms with E-state index in [2.05, 4.69) is 77.3 Å². The third kappa shape index (κ3) is 4.49. The molecule has 1 aliphatic rings. The zero-order valence-corrected chi connectivity index (χ0v) is 19.6. The second kappa shape index (κ2) is 9.32. The van der Waals surface area contributed by atoms with Crippen molar-refractivity contribution >= 4 is 34.1 Å². The quantitative estimate of drug-likeness (QED) is 0.384. The fourth-order valence-electron chi connectivity index (χ4n) is 4.93. The molecule has 4 nitrogen and oxygen atoms in total. The summed E-state index contributed by atoms with van der Waals surface area (Å²) in [5.41, 5.74) is 4.70. The zero-order valence-electron chi connectivity index (χ0n) is 18.8. The van der Waals surface area contributed by atoms with E-state index in [9.17, 15) is 4.79 Å². The molecule has 0 aliphatic carbocycles. The summed E-state index contributed by atoms with van der Waals surface area (Å²) in [6, 6.07) is 26.8. The van der Waals surface area contributed by atoms with Crippen LogP contribution in [0.2, 0.25) is 5.02 Å². The van der Waals surface area contributed by atoms with Gasteiger partial charge >= 0.3 is 0 Å². The molecular weight excluding hydrogens is 430 g/mol. The Morgan fingerprint density at radius 1 is 0.909 bits per heavy atom. The van der Waals surface area contributed by atoms with Crippen LogP contribution in [0.4, 0.5) is 5.69 Å². The van der Waals surface area contributed by atoms with Crippen LogP contribution in [0.25, 0.3) is 10.9 Å². The number of para-hydroxylation sites is 1. The molecule has 0 bridgehead atoms. The minimum absolute atomic E-state index is 0.0239. The van der Waals surface area contributed by atoms with Crippen LogP contribution in [0.3, 0.4) is 0 Å². The van der Waals surface area contributed by atoms with Crippen molar-refractivity contribution in [2.45, 2.75) is 12.3 Å². The Balaban J connectivity index is 1.36. The average Bonchev–Trinajstić information content (AvgIpc) is 3.19. The van der Waals surface area contributed by atoms with Gasteiger partial charge in [0.15, 0.2) is 0 Å². The Hall–Kier alpha value is -3.24. The molecule has 1 fully saturated rings. The zero-order chi connectivity index (χ0) is 22.8. The number of hydrogen-bond donors (Lipinski definition) is 0. The van der Waals surface area contributed by atoms with E-state index >= 15 is 0 Å². The molecule has 168 valence electrons. The summed E-state index contributed by atoms with van der Waals surface area (Å²) in [5.74, 6) is 0.235. The lowest BCUT2D eigenvalue weighted by atomic mass is 9.87. The van der Waals surface area contributed by atoms with Gasteiger partial charge in [0, 0.05) is 73.4 Å². The van der Waals surface area contributed by atoms with Gasteiger partial charge in [0.25, 0.3) is 0 Å². The van der Waals surface area contributed by atoms with Gasteiger partial charge in [-0.1, -0.05) is 66.2 Å². The van der Waals surface area contributed by atoms with Gasteiger partial charge in [0.1, 0.15) is 0 Å². The monoisotopic (exact) mass is 457 g/mol. The normalized spacial score (nSPS) is 15.1. The molecule has 1 unspecified atom stereocenters. The maximum absolute atomic E-state index is 13.5. The fraction of sp³-hybridized carbons (Fsp3) is 0.250. The maximum Gasteiger partial charge on any atom is 0.223 e. The first-order valence-electron chi connectivity index (χ1n) is 11.5. The molecule has 1 aliphatic heterocycles. The number of aryl methyl sites for hydroxylation is 1. The van der Waals surface area contributed by atoms with Crippen LogP contribution in [0.5, 0.6) is 0 Å². The van der Waals surface area contributed by atoms with Crippen molar-refractivity contribution in [1.29, 1.82) is 0 Å². The minimum Gasteiger partial charge on any atom is -0.368 e. The van der Waals surface area contributed by atoms with Gasteiger partial charge in [-0.15, -0.1) is 0 Å². The molecule has 2 heterocycles. The predicted octanol–water partition coefficient (Wildman–Crippen LogP) is 5.70. The number of rotatable bonds is 5. The summed E-state index contributed by atoms with van der Waals surface area (Å²) < 4.78 is 2.16. The highest BCUT2D eigenvalue weighted by Gasteiger charge is 2.27. The highest BCUT2D eigenvalue weighted by atomic mass is 35.5. The number of anilines is 1. The molecule has 1 amide bonds. The SMILES string of the molecule is Cn1cc(C(CC(=O)N2CCN(c3cccc(Cl)c3)CC2)c2ccccc2)c2ccccc21. The van der Waals surface area contributed by atoms with E-state index in [1.54, 1.807) is 0 Å². The molecule has 0 N–H and O–H groups in total. The lowest BCUT2D eigenvalue weighted by Crippen LogP contribution is -2.49. The summed E-state index contributed by atoms with van der Waals surface area (Å²) >= 11 is 6.17. The van der Waals surface area contributed by atoms with Gasteiger partial charge in [0.05, 0.1) is 0 Å². The lowest BCUT2D eigenvalue weighted by molar-refractivity contribution is -0.131. The fourth-order valence-corrected chi connectivity index (χ4v) is 5.12. The maximum atomic E-state index is 13.5. The Morgan fingerprint density at radius 3 is 2.39 bits per heavy atom. The van der Waals surface area contributed by atoms with Crippen molar-refractivity contribution in [2.75, 3.05) is 31.1 Å². The largest absolute Gasteiger partial charge is 0.368 e. The molecule has 5 heteroatoms. The summed E-state index contributed by atoms with van der Waals surface area (Å²) in [6.45, 7) is 3.08. The number of halogens is 1. The summed E-state index contributed by atoms with van der Waals surface area (Å²) in [5, 5.41) is 1.96. The second-order valence-electron chi connectivity index (χ2n) is 8.73. The van der Waals surface area contributed by atoms with Crippen LogP contribution in [0.15, 0.2) is 85.1 Å². The van der Waals surface area contributed by atoms with E-state index in [1.807, 2.05) is 29.2 Å². The topological polar surface area (TPSA) is 28.5 Å². The number of aromatic nitrogens is 1. The highest BCUT2D eigenvalue weighted by molar-refractivity contribution is 6.30. The molecule has 0 radical (unpaired) electrons. The first-order valence-corrected chi connectivity index (χ1v) is 11.8. The summed E-state index contributed by atoms with van der Waals surface area (Å²) in [7, 11) is 2.07. The number of benzene rings is 3. The van der Waals surface area contributed by atoms with Crippen LogP contribution in [-0.2, 0) is 11.8 Å². The Kier molecular flexibility index (Phi) is 6.10. The lowest BCUT2D eigenvalue weighted by Gasteiger charge is -2.36. The van der Waals surface area contributed by atoms with Crippen LogP contribution >= 0.6 is 11.6 Å². The molecule has 0 spiro atoms. The van der Waals surface area contributed by atoms with E-state index in [4.69, 9.17) is 11.6 Å². The van der Waals surface area contributed by atoms with E-state index in [0.717, 1.165) is 36.9 Å². The van der Waals surface area contributed by atoms with Gasteiger partial charge in [-0.2, -0.15) is 0 Å². The van der Waals surface area contributed by atoms with Crippen molar-refractivity contribution in [1.82, 2.24) is 9.47 Å². The molecule has 1 atom stereocenters. The average molecular weight is 458 g/mol. The van der Waals surface area contributed by atoms with Gasteiger partial charge < -0.3 is 14.4 Å². The summed E-state index contributed by atoms with van der Waals surface area (Å²) in [4.78, 5) is 17.8. The molecular formula is C28H28ClN3O. The van der Waals surface area contributed by atoms with Crippen molar-refractivity contribution in [3.8, 4) is 0 Å². The van der Waals surface area contributed by atoms with Crippen LogP contribution in [-0.4, -0.2) is 41.6 Å². The first kappa shape index (κ1) is 21.6. The minimum atomic E-state index is 0.0239.